The Kier molecular flexibility index (Phi) is 5.35. The molecule has 0 fully saturated rings. The second-order valence-electron chi connectivity index (χ2n) is 5.15. The van der Waals surface area contributed by atoms with Gasteiger partial charge in [0.2, 0.25) is 10.0 Å². The lowest BCUT2D eigenvalue weighted by Gasteiger charge is -2.14. The summed E-state index contributed by atoms with van der Waals surface area (Å²) in [6.07, 6.45) is 3.50. The standard InChI is InChI=1S/C14H19N5O3S/c1-11(10-19-8-2-7-17-19)18-14(20)16-9-12-3-5-13(6-4-12)23(15,21)22/h2-8,11H,9-10H2,1H3,(H2,15,21,22)(H2,16,18,20)/t11-/m1/s1. The number of nitrogens with zero attached hydrogens (tertiary/aromatic N) is 2. The quantitative estimate of drug-likeness (QED) is 0.707. The molecule has 124 valence electrons. The number of hydrogen-bond acceptors (Lipinski definition) is 4. The van der Waals surface area contributed by atoms with Crippen molar-refractivity contribution in [2.45, 2.75) is 31.0 Å². The Morgan fingerprint density at radius 2 is 2.04 bits per heavy atom. The van der Waals surface area contributed by atoms with Crippen molar-refractivity contribution in [2.75, 3.05) is 0 Å². The number of carbonyl (C=O) groups is 1. The molecule has 2 amide bonds. The number of aromatic nitrogens is 2. The van der Waals surface area contributed by atoms with Crippen molar-refractivity contribution in [1.82, 2.24) is 20.4 Å². The molecule has 8 nitrogen and oxygen atoms in total. The molecule has 0 saturated heterocycles. The number of rotatable bonds is 6. The fourth-order valence-electron chi connectivity index (χ4n) is 1.99. The van der Waals surface area contributed by atoms with Gasteiger partial charge in [0.25, 0.3) is 0 Å². The first-order chi connectivity index (χ1) is 10.8. The van der Waals surface area contributed by atoms with Crippen molar-refractivity contribution < 1.29 is 13.2 Å². The Balaban J connectivity index is 1.80. The summed E-state index contributed by atoms with van der Waals surface area (Å²) < 4.78 is 24.0. The third kappa shape index (κ3) is 5.38. The number of carbonyl (C=O) groups excluding carboxylic acids is 1. The summed E-state index contributed by atoms with van der Waals surface area (Å²) >= 11 is 0. The summed E-state index contributed by atoms with van der Waals surface area (Å²) in [5, 5.41) is 14.6. The van der Waals surface area contributed by atoms with E-state index in [4.69, 9.17) is 5.14 Å². The van der Waals surface area contributed by atoms with Crippen LogP contribution in [0.4, 0.5) is 4.79 Å². The maximum atomic E-state index is 11.8. The molecule has 0 unspecified atom stereocenters. The van der Waals surface area contributed by atoms with E-state index in [9.17, 15) is 13.2 Å². The summed E-state index contributed by atoms with van der Waals surface area (Å²) in [6.45, 7) is 2.73. The molecule has 9 heteroatoms. The van der Waals surface area contributed by atoms with Crippen LogP contribution in [0.1, 0.15) is 12.5 Å². The van der Waals surface area contributed by atoms with Crippen LogP contribution in [-0.2, 0) is 23.1 Å². The van der Waals surface area contributed by atoms with Gasteiger partial charge in [-0.2, -0.15) is 5.10 Å². The monoisotopic (exact) mass is 337 g/mol. The smallest absolute Gasteiger partial charge is 0.315 e. The molecule has 1 atom stereocenters. The van der Waals surface area contributed by atoms with E-state index in [0.29, 0.717) is 6.54 Å². The molecule has 0 aliphatic heterocycles. The Morgan fingerprint density at radius 3 is 2.61 bits per heavy atom. The molecule has 1 aromatic heterocycles. The minimum Gasteiger partial charge on any atom is -0.334 e. The van der Waals surface area contributed by atoms with Crippen LogP contribution in [0.15, 0.2) is 47.6 Å². The van der Waals surface area contributed by atoms with Gasteiger partial charge in [0, 0.05) is 25.0 Å². The van der Waals surface area contributed by atoms with E-state index in [0.717, 1.165) is 5.56 Å². The fraction of sp³-hybridized carbons (Fsp3) is 0.286. The van der Waals surface area contributed by atoms with Gasteiger partial charge in [-0.15, -0.1) is 0 Å². The lowest BCUT2D eigenvalue weighted by Crippen LogP contribution is -2.42. The molecule has 0 spiro atoms. The average molecular weight is 337 g/mol. The van der Waals surface area contributed by atoms with Crippen LogP contribution in [0.25, 0.3) is 0 Å². The van der Waals surface area contributed by atoms with Crippen LogP contribution in [0.3, 0.4) is 0 Å². The number of urea groups is 1. The number of hydrogen-bond donors (Lipinski definition) is 3. The molecular formula is C14H19N5O3S. The van der Waals surface area contributed by atoms with E-state index < -0.39 is 10.0 Å². The van der Waals surface area contributed by atoms with Crippen molar-refractivity contribution in [3.63, 3.8) is 0 Å². The second-order valence-corrected chi connectivity index (χ2v) is 6.71. The summed E-state index contributed by atoms with van der Waals surface area (Å²) in [5.74, 6) is 0. The van der Waals surface area contributed by atoms with Crippen LogP contribution in [0.5, 0.6) is 0 Å². The normalized spacial score (nSPS) is 12.6. The molecular weight excluding hydrogens is 318 g/mol. The first-order valence-corrected chi connectivity index (χ1v) is 8.53. The lowest BCUT2D eigenvalue weighted by molar-refractivity contribution is 0.235. The van der Waals surface area contributed by atoms with Gasteiger partial charge in [0.15, 0.2) is 0 Å². The molecule has 2 aromatic rings. The molecule has 1 aromatic carbocycles. The van der Waals surface area contributed by atoms with Gasteiger partial charge in [0.1, 0.15) is 0 Å². The first kappa shape index (κ1) is 17.0. The highest BCUT2D eigenvalue weighted by Gasteiger charge is 2.09. The van der Waals surface area contributed by atoms with Crippen molar-refractivity contribution in [3.8, 4) is 0 Å². The Hall–Kier alpha value is -2.39. The number of primary sulfonamides is 1. The van der Waals surface area contributed by atoms with Crippen molar-refractivity contribution in [1.29, 1.82) is 0 Å². The van der Waals surface area contributed by atoms with Gasteiger partial charge in [-0.05, 0) is 30.7 Å². The molecule has 0 radical (unpaired) electrons. The SMILES string of the molecule is C[C@H](Cn1cccn1)NC(=O)NCc1ccc(S(N)(=O)=O)cc1. The minimum atomic E-state index is -3.70. The largest absolute Gasteiger partial charge is 0.334 e. The Labute approximate surface area is 134 Å². The summed E-state index contributed by atoms with van der Waals surface area (Å²) in [7, 11) is -3.70. The summed E-state index contributed by atoms with van der Waals surface area (Å²) in [4.78, 5) is 11.9. The average Bonchev–Trinajstić information content (AvgIpc) is 2.97. The zero-order chi connectivity index (χ0) is 16.9. The van der Waals surface area contributed by atoms with Crippen LogP contribution < -0.4 is 15.8 Å². The Bertz CT molecular complexity index is 741. The van der Waals surface area contributed by atoms with Gasteiger partial charge in [0.05, 0.1) is 11.4 Å². The molecule has 0 aliphatic carbocycles. The molecule has 23 heavy (non-hydrogen) atoms. The van der Waals surface area contributed by atoms with E-state index in [2.05, 4.69) is 15.7 Å². The predicted molar refractivity (Wildman–Crippen MR) is 84.9 cm³/mol. The highest BCUT2D eigenvalue weighted by Crippen LogP contribution is 2.08. The molecule has 1 heterocycles. The predicted octanol–water partition coefficient (Wildman–Crippen LogP) is 0.418. The molecule has 0 bridgehead atoms. The topological polar surface area (TPSA) is 119 Å². The van der Waals surface area contributed by atoms with E-state index in [-0.39, 0.29) is 23.5 Å². The van der Waals surface area contributed by atoms with E-state index in [1.54, 1.807) is 23.0 Å². The maximum Gasteiger partial charge on any atom is 0.315 e. The van der Waals surface area contributed by atoms with Crippen molar-refractivity contribution in [3.05, 3.63) is 48.3 Å². The Morgan fingerprint density at radius 1 is 1.35 bits per heavy atom. The summed E-state index contributed by atoms with van der Waals surface area (Å²) in [6, 6.07) is 7.45. The fourth-order valence-corrected chi connectivity index (χ4v) is 2.50. The molecule has 4 N–H and O–H groups in total. The van der Waals surface area contributed by atoms with Gasteiger partial charge < -0.3 is 10.6 Å². The number of nitrogens with two attached hydrogens (primary N) is 1. The van der Waals surface area contributed by atoms with Gasteiger partial charge in [-0.25, -0.2) is 18.4 Å². The van der Waals surface area contributed by atoms with E-state index in [1.807, 2.05) is 19.2 Å². The van der Waals surface area contributed by atoms with Gasteiger partial charge >= 0.3 is 6.03 Å². The number of amides is 2. The van der Waals surface area contributed by atoms with Crippen LogP contribution in [-0.4, -0.2) is 30.3 Å². The highest BCUT2D eigenvalue weighted by molar-refractivity contribution is 7.89. The van der Waals surface area contributed by atoms with Crippen LogP contribution in [0, 0.1) is 0 Å². The van der Waals surface area contributed by atoms with E-state index >= 15 is 0 Å². The van der Waals surface area contributed by atoms with E-state index in [1.165, 1.54) is 12.1 Å². The van der Waals surface area contributed by atoms with Gasteiger partial charge in [-0.3, -0.25) is 4.68 Å². The second kappa shape index (κ2) is 7.25. The molecule has 2 rings (SSSR count). The lowest BCUT2D eigenvalue weighted by atomic mass is 10.2. The van der Waals surface area contributed by atoms with Crippen molar-refractivity contribution >= 4 is 16.1 Å². The molecule has 0 saturated carbocycles. The highest BCUT2D eigenvalue weighted by atomic mass is 32.2. The zero-order valence-electron chi connectivity index (χ0n) is 12.6. The molecule has 0 aliphatic rings. The third-order valence-electron chi connectivity index (χ3n) is 3.10. The summed E-state index contributed by atoms with van der Waals surface area (Å²) in [5.41, 5.74) is 0.771. The number of sulfonamides is 1. The zero-order valence-corrected chi connectivity index (χ0v) is 13.5. The third-order valence-corrected chi connectivity index (χ3v) is 4.03. The minimum absolute atomic E-state index is 0.0403. The number of nitrogens with one attached hydrogen (secondary N) is 2. The van der Waals surface area contributed by atoms with Gasteiger partial charge in [-0.1, -0.05) is 12.1 Å². The van der Waals surface area contributed by atoms with Crippen LogP contribution in [0.2, 0.25) is 0 Å². The maximum absolute atomic E-state index is 11.8. The number of benzene rings is 1. The van der Waals surface area contributed by atoms with Crippen LogP contribution >= 0.6 is 0 Å². The van der Waals surface area contributed by atoms with Crippen molar-refractivity contribution in [2.24, 2.45) is 5.14 Å². The first-order valence-electron chi connectivity index (χ1n) is 6.98.